The van der Waals surface area contributed by atoms with E-state index in [1.54, 1.807) is 36.2 Å². The van der Waals surface area contributed by atoms with E-state index in [1.165, 1.54) is 0 Å². The number of aromatic nitrogens is 2. The Morgan fingerprint density at radius 2 is 1.92 bits per heavy atom. The second kappa shape index (κ2) is 8.31. The van der Waals surface area contributed by atoms with Gasteiger partial charge in [-0.3, -0.25) is 4.79 Å². The zero-order valence-electron chi connectivity index (χ0n) is 14.8. The molecule has 0 aliphatic carbocycles. The molecule has 0 bridgehead atoms. The summed E-state index contributed by atoms with van der Waals surface area (Å²) in [5.41, 5.74) is 2.28. The Bertz CT molecular complexity index is 875. The van der Waals surface area contributed by atoms with Gasteiger partial charge in [-0.25, -0.2) is 4.68 Å². The third-order valence-electron chi connectivity index (χ3n) is 3.84. The van der Waals surface area contributed by atoms with Crippen LogP contribution in [-0.4, -0.2) is 36.0 Å². The molecule has 0 fully saturated rings. The molecule has 0 spiro atoms. The zero-order valence-corrected chi connectivity index (χ0v) is 14.8. The summed E-state index contributed by atoms with van der Waals surface area (Å²) in [6.07, 6.45) is 1.73. The van der Waals surface area contributed by atoms with Gasteiger partial charge in [0.25, 0.3) is 5.91 Å². The Morgan fingerprint density at radius 3 is 2.69 bits per heavy atom. The maximum absolute atomic E-state index is 12.7. The molecule has 1 aromatic heterocycles. The van der Waals surface area contributed by atoms with Gasteiger partial charge in [0.05, 0.1) is 18.5 Å². The van der Waals surface area contributed by atoms with Crippen molar-refractivity contribution in [1.29, 1.82) is 0 Å². The summed E-state index contributed by atoms with van der Waals surface area (Å²) in [4.78, 5) is 12.7. The zero-order chi connectivity index (χ0) is 18.4. The molecule has 1 N–H and O–H groups in total. The highest BCUT2D eigenvalue weighted by Crippen LogP contribution is 2.21. The van der Waals surface area contributed by atoms with Crippen molar-refractivity contribution >= 4 is 11.7 Å². The number of carbonyl (C=O) groups is 1. The van der Waals surface area contributed by atoms with Crippen LogP contribution in [0.25, 0.3) is 5.69 Å². The number of aryl methyl sites for hydroxylation is 1. The minimum absolute atomic E-state index is 0.219. The van der Waals surface area contributed by atoms with Crippen LogP contribution in [0, 0.1) is 6.92 Å². The summed E-state index contributed by atoms with van der Waals surface area (Å²) in [5, 5.41) is 7.31. The lowest BCUT2D eigenvalue weighted by Gasteiger charge is -2.11. The van der Waals surface area contributed by atoms with Gasteiger partial charge in [0.15, 0.2) is 0 Å². The molecule has 0 aliphatic heterocycles. The number of nitrogens with zero attached hydrogens (tertiary/aromatic N) is 2. The second-order valence-corrected chi connectivity index (χ2v) is 5.75. The van der Waals surface area contributed by atoms with Crippen molar-refractivity contribution in [2.45, 2.75) is 6.92 Å². The molecule has 26 heavy (non-hydrogen) atoms. The highest BCUT2D eigenvalue weighted by atomic mass is 16.5. The Hall–Kier alpha value is -3.12. The number of anilines is 1. The van der Waals surface area contributed by atoms with Crippen LogP contribution in [0.5, 0.6) is 5.75 Å². The normalized spacial score (nSPS) is 10.5. The molecule has 0 saturated carbocycles. The monoisotopic (exact) mass is 351 g/mol. The number of amides is 1. The number of para-hydroxylation sites is 1. The summed E-state index contributed by atoms with van der Waals surface area (Å²) in [6.45, 7) is 2.83. The summed E-state index contributed by atoms with van der Waals surface area (Å²) in [7, 11) is 1.62. The van der Waals surface area contributed by atoms with Crippen molar-refractivity contribution in [3.8, 4) is 11.4 Å². The predicted octanol–water partition coefficient (Wildman–Crippen LogP) is 3.46. The summed E-state index contributed by atoms with van der Waals surface area (Å²) in [5.74, 6) is 1.05. The van der Waals surface area contributed by atoms with E-state index in [0.29, 0.717) is 30.3 Å². The molecule has 3 aromatic rings. The molecule has 2 aromatic carbocycles. The van der Waals surface area contributed by atoms with Gasteiger partial charge in [-0.05, 0) is 37.3 Å². The highest BCUT2D eigenvalue weighted by molar-refractivity contribution is 6.04. The molecular weight excluding hydrogens is 330 g/mol. The molecule has 0 unspecified atom stereocenters. The van der Waals surface area contributed by atoms with Gasteiger partial charge in [0.2, 0.25) is 0 Å². The maximum Gasteiger partial charge on any atom is 0.256 e. The number of hydrogen-bond acceptors (Lipinski definition) is 4. The Labute approximate surface area is 152 Å². The van der Waals surface area contributed by atoms with Crippen molar-refractivity contribution in [1.82, 2.24) is 9.78 Å². The van der Waals surface area contributed by atoms with Crippen LogP contribution in [0.4, 0.5) is 5.82 Å². The first kappa shape index (κ1) is 17.7. The Morgan fingerprint density at radius 1 is 1.12 bits per heavy atom. The number of nitrogens with one attached hydrogen (secondary N) is 1. The van der Waals surface area contributed by atoms with E-state index < -0.39 is 0 Å². The second-order valence-electron chi connectivity index (χ2n) is 5.75. The van der Waals surface area contributed by atoms with Crippen LogP contribution in [-0.2, 0) is 4.74 Å². The smallest absolute Gasteiger partial charge is 0.256 e. The lowest BCUT2D eigenvalue weighted by atomic mass is 10.2. The fourth-order valence-corrected chi connectivity index (χ4v) is 2.50. The van der Waals surface area contributed by atoms with Gasteiger partial charge in [-0.2, -0.15) is 5.10 Å². The molecule has 1 amide bonds. The SMILES string of the molecule is COCCOc1cccc(C(=O)Nc2c(C)cnn2-c2ccccc2)c1. The highest BCUT2D eigenvalue weighted by Gasteiger charge is 2.14. The summed E-state index contributed by atoms with van der Waals surface area (Å²) < 4.78 is 12.2. The van der Waals surface area contributed by atoms with Crippen molar-refractivity contribution in [2.75, 3.05) is 25.6 Å². The van der Waals surface area contributed by atoms with E-state index in [1.807, 2.05) is 43.3 Å². The standard InChI is InChI=1S/C20H21N3O3/c1-15-14-21-23(17-8-4-3-5-9-17)19(15)22-20(24)16-7-6-10-18(13-16)26-12-11-25-2/h3-10,13-14H,11-12H2,1-2H3,(H,22,24). The third kappa shape index (κ3) is 4.10. The molecule has 0 atom stereocenters. The topological polar surface area (TPSA) is 65.4 Å². The predicted molar refractivity (Wildman–Crippen MR) is 100 cm³/mol. The maximum atomic E-state index is 12.7. The van der Waals surface area contributed by atoms with Crippen LogP contribution < -0.4 is 10.1 Å². The van der Waals surface area contributed by atoms with Crippen molar-refractivity contribution in [2.24, 2.45) is 0 Å². The first-order valence-corrected chi connectivity index (χ1v) is 8.32. The van der Waals surface area contributed by atoms with E-state index in [-0.39, 0.29) is 5.91 Å². The van der Waals surface area contributed by atoms with Gasteiger partial charge in [0, 0.05) is 18.2 Å². The van der Waals surface area contributed by atoms with Crippen LogP contribution in [0.15, 0.2) is 60.8 Å². The Balaban J connectivity index is 1.79. The van der Waals surface area contributed by atoms with E-state index in [9.17, 15) is 4.79 Å². The van der Waals surface area contributed by atoms with Crippen LogP contribution in [0.3, 0.4) is 0 Å². The van der Waals surface area contributed by atoms with E-state index in [0.717, 1.165) is 11.3 Å². The number of rotatable bonds is 7. The minimum Gasteiger partial charge on any atom is -0.491 e. The van der Waals surface area contributed by atoms with Crippen molar-refractivity contribution in [3.05, 3.63) is 71.9 Å². The van der Waals surface area contributed by atoms with E-state index in [2.05, 4.69) is 10.4 Å². The molecular formula is C20H21N3O3. The van der Waals surface area contributed by atoms with Crippen LogP contribution >= 0.6 is 0 Å². The third-order valence-corrected chi connectivity index (χ3v) is 3.84. The van der Waals surface area contributed by atoms with Crippen molar-refractivity contribution in [3.63, 3.8) is 0 Å². The average molecular weight is 351 g/mol. The Kier molecular flexibility index (Phi) is 5.66. The fraction of sp³-hybridized carbons (Fsp3) is 0.200. The van der Waals surface area contributed by atoms with Gasteiger partial charge in [-0.1, -0.05) is 24.3 Å². The number of ether oxygens (including phenoxy) is 2. The molecule has 6 heteroatoms. The number of hydrogen-bond donors (Lipinski definition) is 1. The van der Waals surface area contributed by atoms with Gasteiger partial charge in [0.1, 0.15) is 18.2 Å². The number of benzene rings is 2. The molecule has 0 aliphatic rings. The number of methoxy groups -OCH3 is 1. The molecule has 134 valence electrons. The fourth-order valence-electron chi connectivity index (χ4n) is 2.50. The van der Waals surface area contributed by atoms with Gasteiger partial charge >= 0.3 is 0 Å². The quantitative estimate of drug-likeness (QED) is 0.662. The lowest BCUT2D eigenvalue weighted by molar-refractivity contribution is 0.102. The summed E-state index contributed by atoms with van der Waals surface area (Å²) >= 11 is 0. The first-order valence-electron chi connectivity index (χ1n) is 8.32. The largest absolute Gasteiger partial charge is 0.491 e. The van der Waals surface area contributed by atoms with Crippen LogP contribution in [0.2, 0.25) is 0 Å². The molecule has 1 heterocycles. The van der Waals surface area contributed by atoms with E-state index >= 15 is 0 Å². The molecule has 3 rings (SSSR count). The van der Waals surface area contributed by atoms with E-state index in [4.69, 9.17) is 9.47 Å². The average Bonchev–Trinajstić information content (AvgIpc) is 3.03. The summed E-state index contributed by atoms with van der Waals surface area (Å²) in [6, 6.07) is 16.7. The molecule has 0 saturated heterocycles. The minimum atomic E-state index is -0.219. The molecule has 0 radical (unpaired) electrons. The van der Waals surface area contributed by atoms with Crippen molar-refractivity contribution < 1.29 is 14.3 Å². The lowest BCUT2D eigenvalue weighted by Crippen LogP contribution is -2.16. The first-order chi connectivity index (χ1) is 12.7. The van der Waals surface area contributed by atoms with Gasteiger partial charge in [-0.15, -0.1) is 0 Å². The number of carbonyl (C=O) groups excluding carboxylic acids is 1. The van der Waals surface area contributed by atoms with Gasteiger partial charge < -0.3 is 14.8 Å². The van der Waals surface area contributed by atoms with Crippen LogP contribution in [0.1, 0.15) is 15.9 Å². The molecule has 6 nitrogen and oxygen atoms in total.